The molecule has 1 amide bonds. The third-order valence-corrected chi connectivity index (χ3v) is 4.78. The Bertz CT molecular complexity index is 610. The van der Waals surface area contributed by atoms with E-state index in [2.05, 4.69) is 10.3 Å². The van der Waals surface area contributed by atoms with Gasteiger partial charge < -0.3 is 5.32 Å². The minimum absolute atomic E-state index is 0.0189. The van der Waals surface area contributed by atoms with Gasteiger partial charge in [0, 0.05) is 4.88 Å². The molecule has 3 rings (SSSR count). The molecule has 0 spiro atoms. The number of anilines is 1. The van der Waals surface area contributed by atoms with Gasteiger partial charge in [0.05, 0.1) is 12.1 Å². The molecule has 1 aliphatic rings. The molecule has 0 radical (unpaired) electrons. The van der Waals surface area contributed by atoms with Crippen molar-refractivity contribution in [2.75, 3.05) is 5.32 Å². The van der Waals surface area contributed by atoms with E-state index >= 15 is 0 Å². The molecule has 4 heteroatoms. The van der Waals surface area contributed by atoms with Crippen LogP contribution in [0.5, 0.6) is 0 Å². The maximum atomic E-state index is 12.1. The van der Waals surface area contributed by atoms with Crippen molar-refractivity contribution in [1.29, 1.82) is 0 Å². The van der Waals surface area contributed by atoms with Crippen LogP contribution < -0.4 is 5.32 Å². The molecule has 1 aliphatic carbocycles. The van der Waals surface area contributed by atoms with Crippen LogP contribution >= 0.6 is 11.3 Å². The maximum Gasteiger partial charge on any atom is 0.230 e. The SMILES string of the molecule is Cc1ccccc1CC(=O)Nc1nc2c(s1)CCCC2. The quantitative estimate of drug-likeness (QED) is 0.938. The fraction of sp³-hybridized carbons (Fsp3) is 0.375. The van der Waals surface area contributed by atoms with Crippen LogP contribution in [0.2, 0.25) is 0 Å². The number of hydrogen-bond acceptors (Lipinski definition) is 3. The number of fused-ring (bicyclic) bond motifs is 1. The van der Waals surface area contributed by atoms with Crippen molar-refractivity contribution in [1.82, 2.24) is 4.98 Å². The summed E-state index contributed by atoms with van der Waals surface area (Å²) in [6.07, 6.45) is 5.04. The van der Waals surface area contributed by atoms with Crippen molar-refractivity contribution in [3.8, 4) is 0 Å². The Morgan fingerprint density at radius 1 is 1.30 bits per heavy atom. The Labute approximate surface area is 123 Å². The second-order valence-electron chi connectivity index (χ2n) is 5.25. The number of aromatic nitrogens is 1. The minimum Gasteiger partial charge on any atom is -0.302 e. The van der Waals surface area contributed by atoms with Crippen LogP contribution in [0.3, 0.4) is 0 Å². The van der Waals surface area contributed by atoms with Crippen molar-refractivity contribution in [3.05, 3.63) is 46.0 Å². The van der Waals surface area contributed by atoms with Gasteiger partial charge in [0.2, 0.25) is 5.91 Å². The Morgan fingerprint density at radius 3 is 2.90 bits per heavy atom. The van der Waals surface area contributed by atoms with E-state index in [-0.39, 0.29) is 5.91 Å². The number of rotatable bonds is 3. The molecular weight excluding hydrogens is 268 g/mol. The number of nitrogens with one attached hydrogen (secondary N) is 1. The number of carbonyl (C=O) groups is 1. The van der Waals surface area contributed by atoms with Crippen molar-refractivity contribution < 1.29 is 4.79 Å². The van der Waals surface area contributed by atoms with Crippen LogP contribution in [-0.2, 0) is 24.1 Å². The smallest absolute Gasteiger partial charge is 0.230 e. The first-order chi connectivity index (χ1) is 9.72. The fourth-order valence-electron chi connectivity index (χ4n) is 2.55. The molecule has 0 fully saturated rings. The van der Waals surface area contributed by atoms with Gasteiger partial charge in [-0.05, 0) is 43.7 Å². The number of carbonyl (C=O) groups excluding carboxylic acids is 1. The number of nitrogens with zero attached hydrogens (tertiary/aromatic N) is 1. The Morgan fingerprint density at radius 2 is 2.10 bits per heavy atom. The van der Waals surface area contributed by atoms with E-state index in [1.54, 1.807) is 11.3 Å². The van der Waals surface area contributed by atoms with Gasteiger partial charge in [-0.3, -0.25) is 4.79 Å². The summed E-state index contributed by atoms with van der Waals surface area (Å²) >= 11 is 1.64. The number of aryl methyl sites for hydroxylation is 3. The standard InChI is InChI=1S/C16H18N2OS/c1-11-6-2-3-7-12(11)10-15(19)18-16-17-13-8-4-5-9-14(13)20-16/h2-3,6-7H,4-5,8-10H2,1H3,(H,17,18,19). The summed E-state index contributed by atoms with van der Waals surface area (Å²) in [6, 6.07) is 8.00. The van der Waals surface area contributed by atoms with Crippen LogP contribution in [0, 0.1) is 6.92 Å². The first-order valence-electron chi connectivity index (χ1n) is 7.05. The summed E-state index contributed by atoms with van der Waals surface area (Å²) in [4.78, 5) is 18.0. The lowest BCUT2D eigenvalue weighted by Gasteiger charge is -2.06. The highest BCUT2D eigenvalue weighted by Gasteiger charge is 2.16. The molecule has 1 N–H and O–H groups in total. The Kier molecular flexibility index (Phi) is 3.83. The second kappa shape index (κ2) is 5.75. The lowest BCUT2D eigenvalue weighted by Crippen LogP contribution is -2.14. The average Bonchev–Trinajstić information content (AvgIpc) is 2.83. The molecule has 0 saturated carbocycles. The Balaban J connectivity index is 1.67. The van der Waals surface area contributed by atoms with E-state index in [1.165, 1.54) is 23.4 Å². The Hall–Kier alpha value is -1.68. The van der Waals surface area contributed by atoms with Crippen molar-refractivity contribution in [3.63, 3.8) is 0 Å². The number of amides is 1. The zero-order valence-electron chi connectivity index (χ0n) is 11.6. The van der Waals surface area contributed by atoms with Crippen LogP contribution in [0.4, 0.5) is 5.13 Å². The van der Waals surface area contributed by atoms with E-state index in [0.717, 1.165) is 29.1 Å². The van der Waals surface area contributed by atoms with Gasteiger partial charge in [-0.2, -0.15) is 0 Å². The van der Waals surface area contributed by atoms with Gasteiger partial charge in [-0.15, -0.1) is 11.3 Å². The predicted molar refractivity (Wildman–Crippen MR) is 82.3 cm³/mol. The highest BCUT2D eigenvalue weighted by Crippen LogP contribution is 2.29. The summed E-state index contributed by atoms with van der Waals surface area (Å²) in [7, 11) is 0. The zero-order valence-corrected chi connectivity index (χ0v) is 12.4. The van der Waals surface area contributed by atoms with E-state index in [0.29, 0.717) is 6.42 Å². The molecule has 0 unspecified atom stereocenters. The molecule has 1 aromatic heterocycles. The molecule has 3 nitrogen and oxygen atoms in total. The molecule has 0 bridgehead atoms. The summed E-state index contributed by atoms with van der Waals surface area (Å²) < 4.78 is 0. The predicted octanol–water partition coefficient (Wildman–Crippen LogP) is 3.51. The van der Waals surface area contributed by atoms with Gasteiger partial charge in [0.1, 0.15) is 0 Å². The molecule has 0 saturated heterocycles. The van der Waals surface area contributed by atoms with E-state index < -0.39 is 0 Å². The van der Waals surface area contributed by atoms with Crippen molar-refractivity contribution in [2.45, 2.75) is 39.0 Å². The van der Waals surface area contributed by atoms with Crippen LogP contribution in [0.25, 0.3) is 0 Å². The fourth-order valence-corrected chi connectivity index (χ4v) is 3.62. The molecule has 2 aromatic rings. The average molecular weight is 286 g/mol. The summed E-state index contributed by atoms with van der Waals surface area (Å²) in [6.45, 7) is 2.03. The molecule has 1 heterocycles. The lowest BCUT2D eigenvalue weighted by atomic mass is 10.0. The summed E-state index contributed by atoms with van der Waals surface area (Å²) in [5.41, 5.74) is 3.42. The highest BCUT2D eigenvalue weighted by atomic mass is 32.1. The summed E-state index contributed by atoms with van der Waals surface area (Å²) in [5, 5.41) is 3.70. The second-order valence-corrected chi connectivity index (χ2v) is 6.33. The maximum absolute atomic E-state index is 12.1. The first kappa shape index (κ1) is 13.3. The van der Waals surface area contributed by atoms with Gasteiger partial charge in [0.25, 0.3) is 0 Å². The topological polar surface area (TPSA) is 42.0 Å². The largest absolute Gasteiger partial charge is 0.302 e. The van der Waals surface area contributed by atoms with Gasteiger partial charge >= 0.3 is 0 Å². The van der Waals surface area contributed by atoms with Crippen molar-refractivity contribution >= 4 is 22.4 Å². The van der Waals surface area contributed by atoms with Gasteiger partial charge in [-0.1, -0.05) is 24.3 Å². The third-order valence-electron chi connectivity index (χ3n) is 3.70. The van der Waals surface area contributed by atoms with Gasteiger partial charge in [-0.25, -0.2) is 4.98 Å². The molecular formula is C16H18N2OS. The molecule has 104 valence electrons. The van der Waals surface area contributed by atoms with Gasteiger partial charge in [0.15, 0.2) is 5.13 Å². The lowest BCUT2D eigenvalue weighted by molar-refractivity contribution is -0.115. The van der Waals surface area contributed by atoms with Crippen LogP contribution in [-0.4, -0.2) is 10.9 Å². The number of benzene rings is 1. The zero-order chi connectivity index (χ0) is 13.9. The molecule has 0 aliphatic heterocycles. The van der Waals surface area contributed by atoms with Crippen LogP contribution in [0.1, 0.15) is 34.5 Å². The number of thiazole rings is 1. The molecule has 0 atom stereocenters. The van der Waals surface area contributed by atoms with E-state index in [9.17, 15) is 4.79 Å². The minimum atomic E-state index is 0.0189. The van der Waals surface area contributed by atoms with Crippen molar-refractivity contribution in [2.24, 2.45) is 0 Å². The van der Waals surface area contributed by atoms with E-state index in [4.69, 9.17) is 0 Å². The van der Waals surface area contributed by atoms with E-state index in [1.807, 2.05) is 31.2 Å². The first-order valence-corrected chi connectivity index (χ1v) is 7.87. The molecule has 1 aromatic carbocycles. The normalized spacial score (nSPS) is 13.8. The molecule has 20 heavy (non-hydrogen) atoms. The summed E-state index contributed by atoms with van der Waals surface area (Å²) in [5.74, 6) is 0.0189. The highest BCUT2D eigenvalue weighted by molar-refractivity contribution is 7.15. The number of hydrogen-bond donors (Lipinski definition) is 1. The van der Waals surface area contributed by atoms with Crippen LogP contribution in [0.15, 0.2) is 24.3 Å². The monoisotopic (exact) mass is 286 g/mol. The third kappa shape index (κ3) is 2.90.